The van der Waals surface area contributed by atoms with E-state index in [1.54, 1.807) is 24.4 Å². The van der Waals surface area contributed by atoms with Crippen LogP contribution in [0, 0.1) is 0 Å². The lowest BCUT2D eigenvalue weighted by molar-refractivity contribution is 0.252. The van der Waals surface area contributed by atoms with E-state index in [1.165, 1.54) is 4.68 Å². The highest BCUT2D eigenvalue weighted by Gasteiger charge is 2.11. The molecule has 3 rings (SSSR count). The monoisotopic (exact) mass is 271 g/mol. The highest BCUT2D eigenvalue weighted by molar-refractivity contribution is 6.33. The maximum atomic E-state index is 12.2. The van der Waals surface area contributed by atoms with Crippen LogP contribution in [0.15, 0.2) is 54.7 Å². The molecule has 0 bridgehead atoms. The predicted octanol–water partition coefficient (Wildman–Crippen LogP) is 3.77. The normalized spacial score (nSPS) is 10.6. The Kier molecular flexibility index (Phi) is 2.93. The van der Waals surface area contributed by atoms with Crippen LogP contribution in [0.4, 0.5) is 10.5 Å². The first kappa shape index (κ1) is 11.7. The van der Waals surface area contributed by atoms with Crippen LogP contribution < -0.4 is 5.32 Å². The summed E-state index contributed by atoms with van der Waals surface area (Å²) in [7, 11) is 0. The number of para-hydroxylation sites is 2. The summed E-state index contributed by atoms with van der Waals surface area (Å²) < 4.78 is 1.32. The predicted molar refractivity (Wildman–Crippen MR) is 75.6 cm³/mol. The Balaban J connectivity index is 1.95. The van der Waals surface area contributed by atoms with Crippen LogP contribution in [-0.2, 0) is 0 Å². The zero-order chi connectivity index (χ0) is 13.2. The van der Waals surface area contributed by atoms with E-state index in [2.05, 4.69) is 10.4 Å². The fourth-order valence-electron chi connectivity index (χ4n) is 1.86. The Hall–Kier alpha value is -2.33. The van der Waals surface area contributed by atoms with Gasteiger partial charge in [0.1, 0.15) is 0 Å². The molecule has 19 heavy (non-hydrogen) atoms. The van der Waals surface area contributed by atoms with Crippen molar-refractivity contribution in [3.05, 3.63) is 59.8 Å². The number of halogens is 1. The minimum Gasteiger partial charge on any atom is -0.305 e. The first-order chi connectivity index (χ1) is 9.25. The molecular formula is C14H10ClN3O. The number of hydrogen-bond donors (Lipinski definition) is 1. The molecule has 0 atom stereocenters. The van der Waals surface area contributed by atoms with E-state index in [1.807, 2.05) is 30.3 Å². The highest BCUT2D eigenvalue weighted by Crippen LogP contribution is 2.21. The van der Waals surface area contributed by atoms with Crippen LogP contribution >= 0.6 is 11.6 Å². The largest absolute Gasteiger partial charge is 0.347 e. The van der Waals surface area contributed by atoms with Crippen molar-refractivity contribution in [3.63, 3.8) is 0 Å². The molecular weight excluding hydrogens is 262 g/mol. The van der Waals surface area contributed by atoms with Gasteiger partial charge < -0.3 is 5.32 Å². The SMILES string of the molecule is O=C(Nc1ccccc1Cl)n1ncc2ccccc21. The average Bonchev–Trinajstić information content (AvgIpc) is 2.85. The van der Waals surface area contributed by atoms with Crippen LogP contribution in [0.3, 0.4) is 0 Å². The molecule has 4 nitrogen and oxygen atoms in total. The smallest absolute Gasteiger partial charge is 0.305 e. The van der Waals surface area contributed by atoms with Crippen molar-refractivity contribution in [1.29, 1.82) is 0 Å². The highest BCUT2D eigenvalue weighted by atomic mass is 35.5. The van der Waals surface area contributed by atoms with Gasteiger partial charge in [0.15, 0.2) is 0 Å². The molecule has 94 valence electrons. The lowest BCUT2D eigenvalue weighted by Gasteiger charge is -2.07. The molecule has 0 unspecified atom stereocenters. The lowest BCUT2D eigenvalue weighted by Crippen LogP contribution is -2.20. The Morgan fingerprint density at radius 1 is 1.11 bits per heavy atom. The van der Waals surface area contributed by atoms with E-state index in [9.17, 15) is 4.79 Å². The number of aromatic nitrogens is 2. The molecule has 0 saturated heterocycles. The summed E-state index contributed by atoms with van der Waals surface area (Å²) >= 11 is 6.00. The van der Waals surface area contributed by atoms with E-state index in [-0.39, 0.29) is 6.03 Å². The van der Waals surface area contributed by atoms with Crippen molar-refractivity contribution in [2.24, 2.45) is 0 Å². The molecule has 0 aliphatic rings. The number of benzene rings is 2. The third kappa shape index (κ3) is 2.18. The van der Waals surface area contributed by atoms with Gasteiger partial charge in [0.25, 0.3) is 0 Å². The van der Waals surface area contributed by atoms with Gasteiger partial charge in [-0.2, -0.15) is 9.78 Å². The topological polar surface area (TPSA) is 46.9 Å². The summed E-state index contributed by atoms with van der Waals surface area (Å²) in [6.07, 6.45) is 1.65. The number of nitrogens with zero attached hydrogens (tertiary/aromatic N) is 2. The molecule has 0 radical (unpaired) electrons. The molecule has 0 aliphatic heterocycles. The molecule has 2 aromatic carbocycles. The van der Waals surface area contributed by atoms with Gasteiger partial charge in [-0.1, -0.05) is 41.9 Å². The second kappa shape index (κ2) is 4.74. The Morgan fingerprint density at radius 2 is 1.84 bits per heavy atom. The molecule has 0 spiro atoms. The Morgan fingerprint density at radius 3 is 2.68 bits per heavy atom. The lowest BCUT2D eigenvalue weighted by atomic mass is 10.3. The van der Waals surface area contributed by atoms with Crippen LogP contribution in [0.5, 0.6) is 0 Å². The summed E-state index contributed by atoms with van der Waals surface area (Å²) in [5, 5.41) is 8.22. The van der Waals surface area contributed by atoms with Crippen LogP contribution in [0.2, 0.25) is 5.02 Å². The molecule has 0 saturated carbocycles. The van der Waals surface area contributed by atoms with E-state index in [0.717, 1.165) is 10.9 Å². The second-order valence-corrected chi connectivity index (χ2v) is 4.43. The summed E-state index contributed by atoms with van der Waals surface area (Å²) in [5.74, 6) is 0. The van der Waals surface area contributed by atoms with Gasteiger partial charge in [0.2, 0.25) is 0 Å². The van der Waals surface area contributed by atoms with E-state index >= 15 is 0 Å². The molecule has 1 aromatic heterocycles. The van der Waals surface area contributed by atoms with Crippen LogP contribution in [0.25, 0.3) is 10.9 Å². The van der Waals surface area contributed by atoms with Gasteiger partial charge in [-0.3, -0.25) is 0 Å². The summed E-state index contributed by atoms with van der Waals surface area (Å²) in [6, 6.07) is 14.3. The van der Waals surface area contributed by atoms with Crippen molar-refractivity contribution in [2.75, 3.05) is 5.32 Å². The first-order valence-electron chi connectivity index (χ1n) is 5.74. The number of anilines is 1. The number of fused-ring (bicyclic) bond motifs is 1. The molecule has 1 N–H and O–H groups in total. The van der Waals surface area contributed by atoms with E-state index in [4.69, 9.17) is 11.6 Å². The Labute approximate surface area is 114 Å². The minimum atomic E-state index is -0.339. The van der Waals surface area contributed by atoms with Gasteiger partial charge in [-0.25, -0.2) is 4.79 Å². The maximum Gasteiger partial charge on any atom is 0.347 e. The quantitative estimate of drug-likeness (QED) is 0.732. The maximum absolute atomic E-state index is 12.2. The van der Waals surface area contributed by atoms with Gasteiger partial charge in [0.05, 0.1) is 22.4 Å². The van der Waals surface area contributed by atoms with Crippen LogP contribution in [0.1, 0.15) is 0 Å². The molecule has 5 heteroatoms. The summed E-state index contributed by atoms with van der Waals surface area (Å²) in [5.41, 5.74) is 1.32. The number of nitrogens with one attached hydrogen (secondary N) is 1. The average molecular weight is 272 g/mol. The number of hydrogen-bond acceptors (Lipinski definition) is 2. The van der Waals surface area contributed by atoms with Crippen molar-refractivity contribution in [1.82, 2.24) is 9.78 Å². The molecule has 0 aliphatic carbocycles. The van der Waals surface area contributed by atoms with Gasteiger partial charge in [-0.15, -0.1) is 0 Å². The standard InChI is InChI=1S/C14H10ClN3O/c15-11-6-2-3-7-12(11)17-14(19)18-13-8-4-1-5-10(13)9-16-18/h1-9H,(H,17,19). The number of carbonyl (C=O) groups is 1. The molecule has 1 heterocycles. The van der Waals surface area contributed by atoms with Crippen molar-refractivity contribution in [2.45, 2.75) is 0 Å². The zero-order valence-electron chi connectivity index (χ0n) is 9.88. The van der Waals surface area contributed by atoms with E-state index in [0.29, 0.717) is 10.7 Å². The molecule has 0 fully saturated rings. The van der Waals surface area contributed by atoms with Crippen molar-refractivity contribution >= 4 is 34.2 Å². The fraction of sp³-hybridized carbons (Fsp3) is 0. The fourth-order valence-corrected chi connectivity index (χ4v) is 2.05. The van der Waals surface area contributed by atoms with E-state index < -0.39 is 0 Å². The minimum absolute atomic E-state index is 0.339. The van der Waals surface area contributed by atoms with Crippen LogP contribution in [-0.4, -0.2) is 15.8 Å². The number of rotatable bonds is 1. The summed E-state index contributed by atoms with van der Waals surface area (Å²) in [6.45, 7) is 0. The Bertz CT molecular complexity index is 751. The first-order valence-corrected chi connectivity index (χ1v) is 6.12. The third-order valence-corrected chi connectivity index (χ3v) is 3.11. The van der Waals surface area contributed by atoms with Gasteiger partial charge in [0, 0.05) is 5.39 Å². The summed E-state index contributed by atoms with van der Waals surface area (Å²) in [4.78, 5) is 12.2. The second-order valence-electron chi connectivity index (χ2n) is 4.03. The van der Waals surface area contributed by atoms with Gasteiger partial charge >= 0.3 is 6.03 Å². The zero-order valence-corrected chi connectivity index (χ0v) is 10.6. The molecule has 1 amide bonds. The van der Waals surface area contributed by atoms with Gasteiger partial charge in [-0.05, 0) is 18.2 Å². The molecule has 3 aromatic rings. The number of carbonyl (C=O) groups excluding carboxylic acids is 1. The van der Waals surface area contributed by atoms with Crippen molar-refractivity contribution in [3.8, 4) is 0 Å². The number of amides is 1. The third-order valence-electron chi connectivity index (χ3n) is 2.79. The van der Waals surface area contributed by atoms with Crippen molar-refractivity contribution < 1.29 is 4.79 Å².